The van der Waals surface area contributed by atoms with E-state index in [1.165, 1.54) is 12.1 Å². The third-order valence-corrected chi connectivity index (χ3v) is 11.2. The molecule has 6 nitrogen and oxygen atoms in total. The first kappa shape index (κ1) is 27.4. The Hall–Kier alpha value is -1.63. The molecule has 0 heterocycles. The summed E-state index contributed by atoms with van der Waals surface area (Å²) < 4.78 is 15.7. The van der Waals surface area contributed by atoms with Crippen LogP contribution in [0.25, 0.3) is 0 Å². The Balaban J connectivity index is 5.64. The van der Waals surface area contributed by atoms with Gasteiger partial charge >= 0.3 is 17.9 Å². The van der Waals surface area contributed by atoms with Gasteiger partial charge in [0.25, 0.3) is 0 Å². The molecular formula is C22H40O6Si. The van der Waals surface area contributed by atoms with Crippen LogP contribution in [0.2, 0.25) is 18.1 Å². The second-order valence-electron chi connectivity index (χ2n) is 7.94. The molecular weight excluding hydrogens is 388 g/mol. The predicted octanol–water partition coefficient (Wildman–Crippen LogP) is 4.82. The minimum atomic E-state index is -1.75. The molecule has 0 unspecified atom stereocenters. The number of rotatable bonds is 13. The van der Waals surface area contributed by atoms with Crippen LogP contribution in [0.5, 0.6) is 0 Å². The summed E-state index contributed by atoms with van der Waals surface area (Å²) in [5, 5.41) is 1.24. The van der Waals surface area contributed by atoms with E-state index >= 15 is 0 Å². The van der Waals surface area contributed by atoms with Gasteiger partial charge in [-0.25, -0.2) is 0 Å². The zero-order valence-electron chi connectivity index (χ0n) is 19.5. The normalized spacial score (nSPS) is 12.4. The van der Waals surface area contributed by atoms with Gasteiger partial charge in [0.05, 0.1) is 20.3 Å². The Morgan fingerprint density at radius 1 is 0.862 bits per heavy atom. The molecule has 7 heteroatoms. The monoisotopic (exact) mass is 428 g/mol. The molecule has 0 rings (SSSR count). The van der Waals surface area contributed by atoms with E-state index in [4.69, 9.17) is 14.2 Å². The van der Waals surface area contributed by atoms with Crippen molar-refractivity contribution in [2.45, 2.75) is 98.6 Å². The summed E-state index contributed by atoms with van der Waals surface area (Å²) in [6.07, 6.45) is 2.31. The molecule has 0 aromatic heterocycles. The standard InChI is InChI=1S/C22H40O6Si/c1-9-29(10-2,11-3)19(14-15-26-18(8)23)12-13-20(21(24)27-16(4)5)22(25)28-17(6)7/h14,16-17,20H,9-13,15H2,1-8H3/b19-14-. The summed E-state index contributed by atoms with van der Waals surface area (Å²) in [6.45, 7) is 15.2. The van der Waals surface area contributed by atoms with Crippen LogP contribution < -0.4 is 0 Å². The van der Waals surface area contributed by atoms with Gasteiger partial charge in [0, 0.05) is 6.92 Å². The Bertz CT molecular complexity index is 533. The van der Waals surface area contributed by atoms with Gasteiger partial charge in [-0.05, 0) is 40.5 Å². The number of ether oxygens (including phenoxy) is 3. The first-order valence-corrected chi connectivity index (χ1v) is 13.4. The fourth-order valence-electron chi connectivity index (χ4n) is 3.54. The lowest BCUT2D eigenvalue weighted by molar-refractivity contribution is -0.166. The van der Waals surface area contributed by atoms with E-state index in [-0.39, 0.29) is 24.8 Å². The fraction of sp³-hybridized carbons (Fsp3) is 0.773. The molecule has 0 aliphatic carbocycles. The van der Waals surface area contributed by atoms with Crippen molar-refractivity contribution >= 4 is 26.0 Å². The van der Waals surface area contributed by atoms with Crippen LogP contribution >= 0.6 is 0 Å². The van der Waals surface area contributed by atoms with Crippen molar-refractivity contribution in [3.05, 3.63) is 11.3 Å². The molecule has 0 N–H and O–H groups in total. The largest absolute Gasteiger partial charge is 0.462 e. The lowest BCUT2D eigenvalue weighted by Gasteiger charge is -2.32. The number of hydrogen-bond donors (Lipinski definition) is 0. The SMILES string of the molecule is CC[Si](CC)(CC)/C(=C\COC(C)=O)CCC(C(=O)OC(C)C)C(=O)OC(C)C. The topological polar surface area (TPSA) is 78.9 Å². The zero-order chi connectivity index (χ0) is 22.6. The molecule has 29 heavy (non-hydrogen) atoms. The lowest BCUT2D eigenvalue weighted by Crippen LogP contribution is -2.36. The molecule has 168 valence electrons. The van der Waals surface area contributed by atoms with Crippen LogP contribution in [0.1, 0.15) is 68.2 Å². The van der Waals surface area contributed by atoms with Crippen molar-refractivity contribution in [3.63, 3.8) is 0 Å². The number of allylic oxidation sites excluding steroid dienone is 1. The molecule has 0 atom stereocenters. The van der Waals surface area contributed by atoms with Gasteiger partial charge in [-0.15, -0.1) is 0 Å². The fourth-order valence-corrected chi connectivity index (χ4v) is 7.59. The van der Waals surface area contributed by atoms with E-state index in [2.05, 4.69) is 20.8 Å². The quantitative estimate of drug-likeness (QED) is 0.181. The molecule has 0 aliphatic rings. The van der Waals surface area contributed by atoms with Crippen LogP contribution in [0.3, 0.4) is 0 Å². The van der Waals surface area contributed by atoms with Gasteiger partial charge in [0.15, 0.2) is 5.92 Å². The van der Waals surface area contributed by atoms with Crippen molar-refractivity contribution in [1.82, 2.24) is 0 Å². The highest BCUT2D eigenvalue weighted by Crippen LogP contribution is 2.33. The van der Waals surface area contributed by atoms with E-state index < -0.39 is 25.9 Å². The van der Waals surface area contributed by atoms with Gasteiger partial charge in [-0.3, -0.25) is 14.4 Å². The van der Waals surface area contributed by atoms with Crippen LogP contribution in [0.15, 0.2) is 11.3 Å². The van der Waals surface area contributed by atoms with Crippen molar-refractivity contribution < 1.29 is 28.6 Å². The third kappa shape index (κ3) is 9.61. The molecule has 0 saturated carbocycles. The highest BCUT2D eigenvalue weighted by atomic mass is 28.3. The summed E-state index contributed by atoms with van der Waals surface area (Å²) in [5.41, 5.74) is 0. The Morgan fingerprint density at radius 3 is 1.66 bits per heavy atom. The molecule has 0 aromatic rings. The molecule has 0 saturated heterocycles. The van der Waals surface area contributed by atoms with Crippen LogP contribution in [0.4, 0.5) is 0 Å². The zero-order valence-corrected chi connectivity index (χ0v) is 20.5. The van der Waals surface area contributed by atoms with Crippen LogP contribution in [-0.2, 0) is 28.6 Å². The van der Waals surface area contributed by atoms with Gasteiger partial charge in [-0.2, -0.15) is 0 Å². The van der Waals surface area contributed by atoms with Crippen molar-refractivity contribution in [2.24, 2.45) is 5.92 Å². The summed E-state index contributed by atoms with van der Waals surface area (Å²) in [4.78, 5) is 36.3. The Morgan fingerprint density at radius 2 is 1.31 bits per heavy atom. The Labute approximate surface area is 177 Å². The molecule has 0 aromatic carbocycles. The summed E-state index contributed by atoms with van der Waals surface area (Å²) in [7, 11) is -1.75. The van der Waals surface area contributed by atoms with E-state index in [0.717, 1.165) is 18.1 Å². The van der Waals surface area contributed by atoms with E-state index in [0.29, 0.717) is 12.8 Å². The average Bonchev–Trinajstić information content (AvgIpc) is 2.61. The van der Waals surface area contributed by atoms with Crippen LogP contribution in [-0.4, -0.2) is 44.8 Å². The van der Waals surface area contributed by atoms with E-state index in [9.17, 15) is 14.4 Å². The average molecular weight is 429 g/mol. The summed E-state index contributed by atoms with van der Waals surface area (Å²) in [6, 6.07) is 3.18. The second-order valence-corrected chi connectivity index (χ2v) is 13.3. The maximum Gasteiger partial charge on any atom is 0.320 e. The van der Waals surface area contributed by atoms with E-state index in [1.54, 1.807) is 27.7 Å². The highest BCUT2D eigenvalue weighted by molar-refractivity contribution is 6.86. The maximum absolute atomic E-state index is 12.6. The predicted molar refractivity (Wildman–Crippen MR) is 117 cm³/mol. The second kappa shape index (κ2) is 13.6. The van der Waals surface area contributed by atoms with Crippen LogP contribution in [0, 0.1) is 5.92 Å². The number of hydrogen-bond acceptors (Lipinski definition) is 6. The van der Waals surface area contributed by atoms with Gasteiger partial charge in [0.1, 0.15) is 6.61 Å². The minimum Gasteiger partial charge on any atom is -0.462 e. The summed E-state index contributed by atoms with van der Waals surface area (Å²) in [5.74, 6) is -2.35. The summed E-state index contributed by atoms with van der Waals surface area (Å²) >= 11 is 0. The first-order valence-electron chi connectivity index (χ1n) is 10.8. The highest BCUT2D eigenvalue weighted by Gasteiger charge is 2.35. The number of carbonyl (C=O) groups excluding carboxylic acids is 3. The number of esters is 3. The molecule has 0 fully saturated rings. The molecule has 0 aliphatic heterocycles. The van der Waals surface area contributed by atoms with E-state index in [1.807, 2.05) is 6.08 Å². The Kier molecular flexibility index (Phi) is 12.8. The van der Waals surface area contributed by atoms with Gasteiger partial charge < -0.3 is 14.2 Å². The van der Waals surface area contributed by atoms with Crippen molar-refractivity contribution in [1.29, 1.82) is 0 Å². The lowest BCUT2D eigenvalue weighted by atomic mass is 10.0. The van der Waals surface area contributed by atoms with Crippen molar-refractivity contribution in [3.8, 4) is 0 Å². The molecule has 0 radical (unpaired) electrons. The van der Waals surface area contributed by atoms with Gasteiger partial charge in [-0.1, -0.05) is 50.2 Å². The number of carbonyl (C=O) groups is 3. The molecule has 0 spiro atoms. The maximum atomic E-state index is 12.6. The van der Waals surface area contributed by atoms with Crippen molar-refractivity contribution in [2.75, 3.05) is 6.61 Å². The molecule has 0 amide bonds. The minimum absolute atomic E-state index is 0.219. The molecule has 0 bridgehead atoms. The first-order chi connectivity index (χ1) is 13.5. The third-order valence-electron chi connectivity index (χ3n) is 5.30. The van der Waals surface area contributed by atoms with Gasteiger partial charge in [0.2, 0.25) is 0 Å². The smallest absolute Gasteiger partial charge is 0.320 e.